The standard InChI is InChI=1S/C17H21BrF3NO2.C2H6/c1-10-8-22(15(23)24-16(2,3)4)9-13(10)12-6-5-11(7-14(12)18)17(19,20)21;1-2/h5-7,10,13H,8-9H2,1-4H3;1-2H3/t10-,13?;/m0./s1. The maximum Gasteiger partial charge on any atom is 0.416 e. The maximum absolute atomic E-state index is 12.8. The molecule has 1 heterocycles. The zero-order valence-electron chi connectivity index (χ0n) is 16.1. The van der Waals surface area contributed by atoms with Gasteiger partial charge in [-0.1, -0.05) is 42.8 Å². The minimum absolute atomic E-state index is 0.0332. The van der Waals surface area contributed by atoms with Crippen LogP contribution >= 0.6 is 15.9 Å². The summed E-state index contributed by atoms with van der Waals surface area (Å²) in [6, 6.07) is 3.67. The number of hydrogen-bond donors (Lipinski definition) is 0. The van der Waals surface area contributed by atoms with Crippen LogP contribution in [0.1, 0.15) is 58.6 Å². The van der Waals surface area contributed by atoms with E-state index in [9.17, 15) is 18.0 Å². The first-order valence-electron chi connectivity index (χ1n) is 8.73. The zero-order chi connectivity index (χ0) is 20.3. The molecule has 148 valence electrons. The lowest BCUT2D eigenvalue weighted by Crippen LogP contribution is -2.35. The summed E-state index contributed by atoms with van der Waals surface area (Å²) in [5.41, 5.74) is -0.484. The monoisotopic (exact) mass is 437 g/mol. The molecule has 0 N–H and O–H groups in total. The summed E-state index contributed by atoms with van der Waals surface area (Å²) in [4.78, 5) is 13.8. The van der Waals surface area contributed by atoms with Crippen molar-refractivity contribution in [2.75, 3.05) is 13.1 Å². The van der Waals surface area contributed by atoms with Crippen LogP contribution in [0.5, 0.6) is 0 Å². The predicted octanol–water partition coefficient (Wildman–Crippen LogP) is 6.46. The van der Waals surface area contributed by atoms with Crippen LogP contribution in [0.25, 0.3) is 0 Å². The molecule has 2 rings (SSSR count). The van der Waals surface area contributed by atoms with Crippen molar-refractivity contribution < 1.29 is 22.7 Å². The molecule has 1 aromatic carbocycles. The fraction of sp³-hybridized carbons (Fsp3) is 0.632. The van der Waals surface area contributed by atoms with Crippen LogP contribution in [0, 0.1) is 5.92 Å². The molecule has 0 radical (unpaired) electrons. The third-order valence-electron chi connectivity index (χ3n) is 3.99. The normalized spacial score (nSPS) is 20.5. The van der Waals surface area contributed by atoms with Crippen LogP contribution in [0.3, 0.4) is 0 Å². The first-order chi connectivity index (χ1) is 11.9. The number of benzene rings is 1. The van der Waals surface area contributed by atoms with E-state index < -0.39 is 17.3 Å². The predicted molar refractivity (Wildman–Crippen MR) is 100 cm³/mol. The molecule has 1 aliphatic rings. The van der Waals surface area contributed by atoms with Crippen molar-refractivity contribution in [2.45, 2.75) is 59.2 Å². The lowest BCUT2D eigenvalue weighted by atomic mass is 9.90. The topological polar surface area (TPSA) is 29.5 Å². The van der Waals surface area contributed by atoms with E-state index in [1.165, 1.54) is 6.07 Å². The van der Waals surface area contributed by atoms with Gasteiger partial charge < -0.3 is 9.64 Å². The molecule has 2 atom stereocenters. The number of nitrogens with zero attached hydrogens (tertiary/aromatic N) is 1. The average Bonchev–Trinajstić information content (AvgIpc) is 2.88. The molecule has 1 aliphatic heterocycles. The Morgan fingerprint density at radius 1 is 1.19 bits per heavy atom. The SMILES string of the molecule is CC.C[C@H]1CN(C(=O)OC(C)(C)C)CC1c1ccc(C(F)(F)F)cc1Br. The number of alkyl halides is 3. The Bertz CT molecular complexity index is 626. The van der Waals surface area contributed by atoms with E-state index in [0.717, 1.165) is 17.7 Å². The molecule has 0 aliphatic carbocycles. The van der Waals surface area contributed by atoms with Crippen molar-refractivity contribution in [3.8, 4) is 0 Å². The molecule has 1 saturated heterocycles. The number of likely N-dealkylation sites (tertiary alicyclic amines) is 1. The number of carbonyl (C=O) groups is 1. The summed E-state index contributed by atoms with van der Waals surface area (Å²) in [7, 11) is 0. The van der Waals surface area contributed by atoms with Crippen molar-refractivity contribution in [2.24, 2.45) is 5.92 Å². The van der Waals surface area contributed by atoms with Gasteiger partial charge in [0, 0.05) is 23.5 Å². The van der Waals surface area contributed by atoms with Crippen molar-refractivity contribution in [1.29, 1.82) is 0 Å². The number of halogens is 4. The van der Waals surface area contributed by atoms with Crippen LogP contribution < -0.4 is 0 Å². The Hall–Kier alpha value is -1.24. The van der Waals surface area contributed by atoms with Crippen LogP contribution in [0.2, 0.25) is 0 Å². The molecule has 1 amide bonds. The molecule has 3 nitrogen and oxygen atoms in total. The minimum Gasteiger partial charge on any atom is -0.444 e. The first-order valence-corrected chi connectivity index (χ1v) is 9.52. The highest BCUT2D eigenvalue weighted by Crippen LogP contribution is 2.39. The van der Waals surface area contributed by atoms with E-state index in [2.05, 4.69) is 15.9 Å². The van der Waals surface area contributed by atoms with E-state index in [0.29, 0.717) is 17.6 Å². The van der Waals surface area contributed by atoms with Gasteiger partial charge in [-0.15, -0.1) is 0 Å². The third-order valence-corrected chi connectivity index (χ3v) is 4.68. The number of amides is 1. The molecule has 0 spiro atoms. The lowest BCUT2D eigenvalue weighted by Gasteiger charge is -2.24. The third kappa shape index (κ3) is 5.89. The summed E-state index contributed by atoms with van der Waals surface area (Å²) >= 11 is 3.25. The van der Waals surface area contributed by atoms with Crippen molar-refractivity contribution >= 4 is 22.0 Å². The van der Waals surface area contributed by atoms with E-state index >= 15 is 0 Å². The molecule has 0 aromatic heterocycles. The number of ether oxygens (including phenoxy) is 1. The molecule has 7 heteroatoms. The van der Waals surface area contributed by atoms with Crippen molar-refractivity contribution in [1.82, 2.24) is 4.90 Å². The largest absolute Gasteiger partial charge is 0.444 e. The smallest absolute Gasteiger partial charge is 0.416 e. The fourth-order valence-electron chi connectivity index (χ4n) is 2.85. The Kier molecular flexibility index (Phi) is 7.57. The van der Waals surface area contributed by atoms with E-state index in [-0.39, 0.29) is 17.9 Å². The van der Waals surface area contributed by atoms with Gasteiger partial charge in [0.05, 0.1) is 5.56 Å². The van der Waals surface area contributed by atoms with Gasteiger partial charge in [-0.25, -0.2) is 4.79 Å². The molecular weight excluding hydrogens is 411 g/mol. The molecule has 1 unspecified atom stereocenters. The van der Waals surface area contributed by atoms with Gasteiger partial charge in [-0.3, -0.25) is 0 Å². The molecule has 1 fully saturated rings. The van der Waals surface area contributed by atoms with Gasteiger partial charge in [0.25, 0.3) is 0 Å². The van der Waals surface area contributed by atoms with E-state index in [1.54, 1.807) is 25.7 Å². The van der Waals surface area contributed by atoms with Gasteiger partial charge in [-0.05, 0) is 44.4 Å². The Morgan fingerprint density at radius 2 is 1.77 bits per heavy atom. The molecule has 0 saturated carbocycles. The second-order valence-electron chi connectivity index (χ2n) is 7.20. The fourth-order valence-corrected chi connectivity index (χ4v) is 3.52. The minimum atomic E-state index is -4.37. The highest BCUT2D eigenvalue weighted by Gasteiger charge is 2.37. The number of rotatable bonds is 1. The summed E-state index contributed by atoms with van der Waals surface area (Å²) in [6.07, 6.45) is -4.76. The van der Waals surface area contributed by atoms with Crippen molar-refractivity contribution in [3.63, 3.8) is 0 Å². The molecular formula is C19H27BrF3NO2. The van der Waals surface area contributed by atoms with E-state index in [4.69, 9.17) is 4.74 Å². The summed E-state index contributed by atoms with van der Waals surface area (Å²) in [6.45, 7) is 12.3. The van der Waals surface area contributed by atoms with Gasteiger partial charge in [0.15, 0.2) is 0 Å². The second-order valence-corrected chi connectivity index (χ2v) is 8.06. The average molecular weight is 438 g/mol. The van der Waals surface area contributed by atoms with Crippen LogP contribution in [0.4, 0.5) is 18.0 Å². The van der Waals surface area contributed by atoms with Crippen LogP contribution in [0.15, 0.2) is 22.7 Å². The lowest BCUT2D eigenvalue weighted by molar-refractivity contribution is -0.137. The second kappa shape index (κ2) is 8.63. The van der Waals surface area contributed by atoms with Gasteiger partial charge >= 0.3 is 12.3 Å². The quantitative estimate of drug-likeness (QED) is 0.503. The zero-order valence-corrected chi connectivity index (χ0v) is 17.7. The summed E-state index contributed by atoms with van der Waals surface area (Å²) in [5, 5.41) is 0. The Labute approximate surface area is 162 Å². The van der Waals surface area contributed by atoms with E-state index in [1.807, 2.05) is 20.8 Å². The van der Waals surface area contributed by atoms with Gasteiger partial charge in [0.2, 0.25) is 0 Å². The number of hydrogen-bond acceptors (Lipinski definition) is 2. The Morgan fingerprint density at radius 3 is 2.23 bits per heavy atom. The Balaban J connectivity index is 0.00000163. The van der Waals surface area contributed by atoms with Crippen LogP contribution in [-0.2, 0) is 10.9 Å². The van der Waals surface area contributed by atoms with Crippen molar-refractivity contribution in [3.05, 3.63) is 33.8 Å². The van der Waals surface area contributed by atoms with Gasteiger partial charge in [0.1, 0.15) is 5.60 Å². The molecule has 26 heavy (non-hydrogen) atoms. The maximum atomic E-state index is 12.8. The molecule has 1 aromatic rings. The molecule has 0 bridgehead atoms. The van der Waals surface area contributed by atoms with Crippen LogP contribution in [-0.4, -0.2) is 29.7 Å². The number of carbonyl (C=O) groups excluding carboxylic acids is 1. The summed E-state index contributed by atoms with van der Waals surface area (Å²) in [5.74, 6) is 0.0970. The first kappa shape index (κ1) is 22.8. The summed E-state index contributed by atoms with van der Waals surface area (Å²) < 4.78 is 44.2. The van der Waals surface area contributed by atoms with Gasteiger partial charge in [-0.2, -0.15) is 13.2 Å². The highest BCUT2D eigenvalue weighted by atomic mass is 79.9. The highest BCUT2D eigenvalue weighted by molar-refractivity contribution is 9.10.